The molecule has 1 saturated carbocycles. The van der Waals surface area contributed by atoms with Gasteiger partial charge in [0.05, 0.1) is 6.04 Å². The summed E-state index contributed by atoms with van der Waals surface area (Å²) < 4.78 is 0. The maximum atomic E-state index is 6.40. The molecule has 0 saturated heterocycles. The Bertz CT molecular complexity index is 599. The smallest absolute Gasteiger partial charge is 0.0554 e. The molecule has 1 unspecified atom stereocenters. The first-order valence-electron chi connectivity index (χ1n) is 7.26. The van der Waals surface area contributed by atoms with E-state index in [9.17, 15) is 0 Å². The number of aryl methyl sites for hydroxylation is 1. The predicted octanol–water partition coefficient (Wildman–Crippen LogP) is 4.96. The Morgan fingerprint density at radius 1 is 1.10 bits per heavy atom. The maximum absolute atomic E-state index is 6.40. The van der Waals surface area contributed by atoms with E-state index in [-0.39, 0.29) is 6.04 Å². The number of nitrogens with two attached hydrogens (primary N) is 1. The van der Waals surface area contributed by atoms with Gasteiger partial charge in [-0.1, -0.05) is 48.4 Å². The summed E-state index contributed by atoms with van der Waals surface area (Å²) in [6.07, 6.45) is 4.03. The van der Waals surface area contributed by atoms with Crippen LogP contribution >= 0.6 is 11.6 Å². The van der Waals surface area contributed by atoms with Crippen molar-refractivity contribution in [1.82, 2.24) is 0 Å². The fourth-order valence-corrected chi connectivity index (χ4v) is 3.02. The van der Waals surface area contributed by atoms with Gasteiger partial charge in [-0.3, -0.25) is 0 Å². The van der Waals surface area contributed by atoms with E-state index in [0.717, 1.165) is 22.1 Å². The second-order valence-corrected chi connectivity index (χ2v) is 6.21. The molecule has 2 aromatic carbocycles. The van der Waals surface area contributed by atoms with E-state index in [1.54, 1.807) is 0 Å². The van der Waals surface area contributed by atoms with E-state index in [4.69, 9.17) is 17.3 Å². The zero-order chi connectivity index (χ0) is 14.1. The van der Waals surface area contributed by atoms with Crippen LogP contribution in [0.15, 0.2) is 42.5 Å². The third kappa shape index (κ3) is 2.61. The Hall–Kier alpha value is -1.31. The van der Waals surface area contributed by atoms with Gasteiger partial charge in [0.1, 0.15) is 0 Å². The van der Waals surface area contributed by atoms with Crippen molar-refractivity contribution in [2.45, 2.75) is 38.1 Å². The molecule has 0 aromatic heterocycles. The third-order valence-corrected chi connectivity index (χ3v) is 4.68. The Morgan fingerprint density at radius 3 is 2.40 bits per heavy atom. The summed E-state index contributed by atoms with van der Waals surface area (Å²) in [5, 5.41) is 0.743. The molecule has 0 amide bonds. The molecule has 1 aliphatic carbocycles. The molecule has 1 atom stereocenters. The summed E-state index contributed by atoms with van der Waals surface area (Å²) in [4.78, 5) is 0. The molecule has 0 spiro atoms. The van der Waals surface area contributed by atoms with Crippen LogP contribution in [0.25, 0.3) is 0 Å². The van der Waals surface area contributed by atoms with Crippen molar-refractivity contribution in [3.8, 4) is 0 Å². The fraction of sp³-hybridized carbons (Fsp3) is 0.333. The Kier molecular flexibility index (Phi) is 3.82. The first kappa shape index (κ1) is 13.7. The summed E-state index contributed by atoms with van der Waals surface area (Å²) in [6, 6.07) is 14.6. The highest BCUT2D eigenvalue weighted by atomic mass is 35.5. The van der Waals surface area contributed by atoms with E-state index in [1.165, 1.54) is 30.4 Å². The lowest BCUT2D eigenvalue weighted by atomic mass is 9.79. The fourth-order valence-electron chi connectivity index (χ4n) is 2.84. The highest BCUT2D eigenvalue weighted by Crippen LogP contribution is 2.36. The van der Waals surface area contributed by atoms with Gasteiger partial charge in [0.2, 0.25) is 0 Å². The molecule has 1 fully saturated rings. The minimum absolute atomic E-state index is 0.107. The monoisotopic (exact) mass is 285 g/mol. The van der Waals surface area contributed by atoms with Gasteiger partial charge >= 0.3 is 0 Å². The van der Waals surface area contributed by atoms with Crippen molar-refractivity contribution in [3.63, 3.8) is 0 Å². The summed E-state index contributed by atoms with van der Waals surface area (Å²) in [7, 11) is 0. The third-order valence-electron chi connectivity index (χ3n) is 4.45. The van der Waals surface area contributed by atoms with Gasteiger partial charge in [0.25, 0.3) is 0 Å². The normalized spacial score (nSPS) is 16.8. The molecule has 2 heteroatoms. The van der Waals surface area contributed by atoms with Crippen LogP contribution in [0.4, 0.5) is 0 Å². The zero-order valence-electron chi connectivity index (χ0n) is 11.8. The van der Waals surface area contributed by atoms with Gasteiger partial charge in [0, 0.05) is 5.02 Å². The first-order chi connectivity index (χ1) is 9.65. The molecule has 3 rings (SSSR count). The minimum Gasteiger partial charge on any atom is -0.320 e. The van der Waals surface area contributed by atoms with Gasteiger partial charge < -0.3 is 5.73 Å². The second kappa shape index (κ2) is 5.59. The Morgan fingerprint density at radius 2 is 1.80 bits per heavy atom. The number of halogens is 1. The van der Waals surface area contributed by atoms with E-state index in [1.807, 2.05) is 18.2 Å². The summed E-state index contributed by atoms with van der Waals surface area (Å²) in [5.74, 6) is 0.771. The molecule has 0 heterocycles. The number of rotatable bonds is 3. The van der Waals surface area contributed by atoms with Gasteiger partial charge in [-0.2, -0.15) is 0 Å². The van der Waals surface area contributed by atoms with Crippen LogP contribution in [0.5, 0.6) is 0 Å². The van der Waals surface area contributed by atoms with Crippen LogP contribution in [-0.2, 0) is 0 Å². The van der Waals surface area contributed by atoms with Crippen molar-refractivity contribution in [1.29, 1.82) is 0 Å². The Labute approximate surface area is 125 Å². The largest absolute Gasteiger partial charge is 0.320 e. The molecule has 2 aromatic rings. The van der Waals surface area contributed by atoms with Crippen LogP contribution in [-0.4, -0.2) is 0 Å². The van der Waals surface area contributed by atoms with Crippen molar-refractivity contribution in [3.05, 3.63) is 69.7 Å². The molecular formula is C18H20ClN. The average Bonchev–Trinajstić information content (AvgIpc) is 2.40. The molecule has 1 nitrogen and oxygen atoms in total. The summed E-state index contributed by atoms with van der Waals surface area (Å²) in [5.41, 5.74) is 11.3. The van der Waals surface area contributed by atoms with Crippen molar-refractivity contribution in [2.75, 3.05) is 0 Å². The molecular weight excluding hydrogens is 266 g/mol. The summed E-state index contributed by atoms with van der Waals surface area (Å²) >= 11 is 6.09. The molecule has 0 aliphatic heterocycles. The highest BCUT2D eigenvalue weighted by molar-refractivity contribution is 6.30. The van der Waals surface area contributed by atoms with Gasteiger partial charge in [-0.25, -0.2) is 0 Å². The van der Waals surface area contributed by atoms with Crippen LogP contribution in [0.3, 0.4) is 0 Å². The van der Waals surface area contributed by atoms with Gasteiger partial charge in [-0.15, -0.1) is 0 Å². The molecule has 0 bridgehead atoms. The zero-order valence-corrected chi connectivity index (χ0v) is 12.5. The van der Waals surface area contributed by atoms with E-state index < -0.39 is 0 Å². The SMILES string of the molecule is Cc1ccc(Cl)cc1C(N)c1ccc(C2CCC2)cc1. The van der Waals surface area contributed by atoms with Crippen LogP contribution in [0.1, 0.15) is 53.5 Å². The van der Waals surface area contributed by atoms with Crippen LogP contribution in [0.2, 0.25) is 5.02 Å². The topological polar surface area (TPSA) is 26.0 Å². The minimum atomic E-state index is -0.107. The molecule has 0 radical (unpaired) electrons. The Balaban J connectivity index is 1.85. The number of benzene rings is 2. The first-order valence-corrected chi connectivity index (χ1v) is 7.64. The molecule has 2 N–H and O–H groups in total. The maximum Gasteiger partial charge on any atom is 0.0554 e. The van der Waals surface area contributed by atoms with Crippen molar-refractivity contribution < 1.29 is 0 Å². The van der Waals surface area contributed by atoms with Crippen LogP contribution in [0, 0.1) is 6.92 Å². The van der Waals surface area contributed by atoms with E-state index in [0.29, 0.717) is 0 Å². The lowest BCUT2D eigenvalue weighted by Crippen LogP contribution is -2.14. The van der Waals surface area contributed by atoms with Crippen molar-refractivity contribution >= 4 is 11.6 Å². The summed E-state index contributed by atoms with van der Waals surface area (Å²) in [6.45, 7) is 2.08. The van der Waals surface area contributed by atoms with Crippen molar-refractivity contribution in [2.24, 2.45) is 5.73 Å². The van der Waals surface area contributed by atoms with Crippen LogP contribution < -0.4 is 5.73 Å². The number of hydrogen-bond donors (Lipinski definition) is 1. The molecule has 104 valence electrons. The lowest BCUT2D eigenvalue weighted by Gasteiger charge is -2.26. The molecule has 20 heavy (non-hydrogen) atoms. The molecule has 1 aliphatic rings. The highest BCUT2D eigenvalue weighted by Gasteiger charge is 2.19. The second-order valence-electron chi connectivity index (χ2n) is 5.77. The average molecular weight is 286 g/mol. The quantitative estimate of drug-likeness (QED) is 0.847. The van der Waals surface area contributed by atoms with Gasteiger partial charge in [0.15, 0.2) is 0 Å². The van der Waals surface area contributed by atoms with E-state index in [2.05, 4.69) is 31.2 Å². The standard InChI is InChI=1S/C18H20ClN/c1-12-5-10-16(19)11-17(12)18(20)15-8-6-14(7-9-15)13-3-2-4-13/h5-11,13,18H,2-4,20H2,1H3. The van der Waals surface area contributed by atoms with E-state index >= 15 is 0 Å². The lowest BCUT2D eigenvalue weighted by molar-refractivity contribution is 0.419. The van der Waals surface area contributed by atoms with Gasteiger partial charge in [-0.05, 0) is 60.1 Å². The predicted molar refractivity (Wildman–Crippen MR) is 85.3 cm³/mol. The number of hydrogen-bond acceptors (Lipinski definition) is 1.